The molecule has 0 saturated heterocycles. The molecule has 0 fully saturated rings. The fraction of sp³-hybridized carbons (Fsp3) is 1.00. The van der Waals surface area contributed by atoms with Crippen molar-refractivity contribution < 1.29 is 22.7 Å². The van der Waals surface area contributed by atoms with Gasteiger partial charge in [-0.25, -0.2) is 0 Å². The normalized spacial score (nSPS) is 17.4. The molecular weight excluding hydrogens is 141 g/mol. The molecule has 2 N–H and O–H groups in total. The first-order valence-electron chi connectivity index (χ1n) is 1.92. The van der Waals surface area contributed by atoms with Gasteiger partial charge in [0.1, 0.15) is 0 Å². The zero-order valence-corrected chi connectivity index (χ0v) is 5.11. The number of rotatable bonds is 2. The molecular formula is C2H7F2O3P. The molecule has 0 radical (unpaired) electrons. The molecule has 0 amide bonds. The number of hydrogen-bond acceptors (Lipinski definition) is 3. The van der Waals surface area contributed by atoms with Gasteiger partial charge in [0.25, 0.3) is 0 Å². The van der Waals surface area contributed by atoms with Gasteiger partial charge in [0.15, 0.2) is 0 Å². The van der Waals surface area contributed by atoms with Crippen molar-refractivity contribution in [1.82, 2.24) is 0 Å². The van der Waals surface area contributed by atoms with Gasteiger partial charge in [-0.3, -0.25) is 0 Å². The van der Waals surface area contributed by atoms with Gasteiger partial charge >= 0.3 is 44.1 Å². The molecule has 0 unspecified atom stereocenters. The van der Waals surface area contributed by atoms with E-state index in [9.17, 15) is 8.39 Å². The summed E-state index contributed by atoms with van der Waals surface area (Å²) in [5.74, 6) is 0. The molecule has 0 aromatic carbocycles. The molecule has 52 valence electrons. The van der Waals surface area contributed by atoms with Gasteiger partial charge in [-0.2, -0.15) is 0 Å². The van der Waals surface area contributed by atoms with Crippen LogP contribution in [0.15, 0.2) is 0 Å². The predicted molar refractivity (Wildman–Crippen MR) is 25.2 cm³/mol. The van der Waals surface area contributed by atoms with Crippen LogP contribution in [0.2, 0.25) is 0 Å². The quantitative estimate of drug-likeness (QED) is 0.576. The van der Waals surface area contributed by atoms with Crippen LogP contribution in [0.25, 0.3) is 0 Å². The van der Waals surface area contributed by atoms with E-state index in [4.69, 9.17) is 9.79 Å². The molecule has 0 aliphatic heterocycles. The van der Waals surface area contributed by atoms with E-state index < -0.39 is 14.5 Å². The SMILES string of the molecule is CCOP(O)(O)(F)F. The van der Waals surface area contributed by atoms with Crippen LogP contribution >= 0.6 is 7.91 Å². The third-order valence-electron chi connectivity index (χ3n) is 0.342. The van der Waals surface area contributed by atoms with E-state index in [-0.39, 0.29) is 0 Å². The molecule has 0 heterocycles. The molecule has 0 spiro atoms. The Kier molecular flexibility index (Phi) is 1.88. The molecule has 0 atom stereocenters. The van der Waals surface area contributed by atoms with Crippen molar-refractivity contribution >= 4 is 7.91 Å². The average Bonchev–Trinajstić information content (AvgIpc) is 1.25. The molecule has 6 heteroatoms. The summed E-state index contributed by atoms with van der Waals surface area (Å²) in [5.41, 5.74) is 0. The number of halogens is 2. The summed E-state index contributed by atoms with van der Waals surface area (Å²) in [6.45, 7) is 0.838. The molecule has 0 aromatic heterocycles. The third-order valence-corrected chi connectivity index (χ3v) is 1.03. The predicted octanol–water partition coefficient (Wildman–Crippen LogP) is 1.07. The van der Waals surface area contributed by atoms with Crippen molar-refractivity contribution in [2.45, 2.75) is 6.92 Å². The van der Waals surface area contributed by atoms with Crippen LogP contribution in [0, 0.1) is 0 Å². The minimum atomic E-state index is -6.60. The first kappa shape index (κ1) is 8.17. The molecule has 0 rings (SSSR count). The van der Waals surface area contributed by atoms with Crippen molar-refractivity contribution in [3.8, 4) is 0 Å². The van der Waals surface area contributed by atoms with Gasteiger partial charge in [0, 0.05) is 0 Å². The Bertz CT molecular complexity index is 77.8. The molecule has 0 saturated carbocycles. The standard InChI is InChI=1S/C2H7F2O3P/c1-2-7-8(3,4,5)6/h5-6H,2H2,1H3. The second kappa shape index (κ2) is 1.84. The Labute approximate surface area is 45.3 Å². The van der Waals surface area contributed by atoms with E-state index in [1.165, 1.54) is 6.92 Å². The van der Waals surface area contributed by atoms with E-state index in [2.05, 4.69) is 4.52 Å². The zero-order chi connectivity index (χ0) is 6.86. The van der Waals surface area contributed by atoms with Crippen LogP contribution in [0.4, 0.5) is 8.39 Å². The second-order valence-electron chi connectivity index (χ2n) is 1.17. The van der Waals surface area contributed by atoms with E-state index >= 15 is 0 Å². The first-order valence-corrected chi connectivity index (χ1v) is 3.76. The Balaban J connectivity index is 3.73. The van der Waals surface area contributed by atoms with Gasteiger partial charge < -0.3 is 0 Å². The van der Waals surface area contributed by atoms with Crippen LogP contribution in [0.1, 0.15) is 6.92 Å². The molecule has 0 aliphatic rings. The van der Waals surface area contributed by atoms with Crippen LogP contribution in [-0.2, 0) is 4.52 Å². The van der Waals surface area contributed by atoms with Gasteiger partial charge in [-0.05, 0) is 0 Å². The average molecular weight is 148 g/mol. The van der Waals surface area contributed by atoms with Crippen molar-refractivity contribution in [2.75, 3.05) is 6.61 Å². The Morgan fingerprint density at radius 2 is 1.88 bits per heavy atom. The van der Waals surface area contributed by atoms with Gasteiger partial charge in [0.2, 0.25) is 0 Å². The van der Waals surface area contributed by atoms with Crippen molar-refractivity contribution in [2.24, 2.45) is 0 Å². The van der Waals surface area contributed by atoms with Crippen LogP contribution < -0.4 is 0 Å². The van der Waals surface area contributed by atoms with Crippen molar-refractivity contribution in [3.05, 3.63) is 0 Å². The van der Waals surface area contributed by atoms with Crippen LogP contribution in [0.3, 0.4) is 0 Å². The Morgan fingerprint density at radius 1 is 1.50 bits per heavy atom. The van der Waals surface area contributed by atoms with Gasteiger partial charge in [-0.1, -0.05) is 0 Å². The molecule has 0 bridgehead atoms. The molecule has 0 aliphatic carbocycles. The van der Waals surface area contributed by atoms with Crippen molar-refractivity contribution in [3.63, 3.8) is 0 Å². The zero-order valence-electron chi connectivity index (χ0n) is 4.21. The van der Waals surface area contributed by atoms with Crippen molar-refractivity contribution in [1.29, 1.82) is 0 Å². The Morgan fingerprint density at radius 3 is 1.88 bits per heavy atom. The summed E-state index contributed by atoms with van der Waals surface area (Å²) in [5, 5.41) is 0. The topological polar surface area (TPSA) is 49.7 Å². The second-order valence-corrected chi connectivity index (χ2v) is 2.95. The summed E-state index contributed by atoms with van der Waals surface area (Å²) >= 11 is 0. The van der Waals surface area contributed by atoms with Crippen LogP contribution in [0.5, 0.6) is 0 Å². The van der Waals surface area contributed by atoms with E-state index in [0.29, 0.717) is 0 Å². The van der Waals surface area contributed by atoms with Gasteiger partial charge in [-0.15, -0.1) is 0 Å². The third kappa shape index (κ3) is 6.17. The molecule has 3 nitrogen and oxygen atoms in total. The van der Waals surface area contributed by atoms with E-state index in [1.807, 2.05) is 0 Å². The maximum absolute atomic E-state index is 11.4. The number of hydrogen-bond donors (Lipinski definition) is 2. The summed E-state index contributed by atoms with van der Waals surface area (Å²) in [4.78, 5) is 15.2. The molecule has 0 aromatic rings. The fourth-order valence-corrected chi connectivity index (χ4v) is 0.639. The first-order chi connectivity index (χ1) is 3.31. The summed E-state index contributed by atoms with van der Waals surface area (Å²) in [6.07, 6.45) is 0. The minimum absolute atomic E-state index is 0.405. The summed E-state index contributed by atoms with van der Waals surface area (Å²) < 4.78 is 26.2. The monoisotopic (exact) mass is 148 g/mol. The molecule has 8 heavy (non-hydrogen) atoms. The maximum atomic E-state index is 11.4. The van der Waals surface area contributed by atoms with Gasteiger partial charge in [0.05, 0.1) is 0 Å². The Hall–Kier alpha value is 0.170. The summed E-state index contributed by atoms with van der Waals surface area (Å²) in [6, 6.07) is 0. The van der Waals surface area contributed by atoms with Crippen LogP contribution in [-0.4, -0.2) is 16.4 Å². The fourth-order valence-electron chi connectivity index (χ4n) is 0.213. The summed E-state index contributed by atoms with van der Waals surface area (Å²) in [7, 11) is -6.60. The van der Waals surface area contributed by atoms with E-state index in [0.717, 1.165) is 0 Å². The van der Waals surface area contributed by atoms with E-state index in [1.54, 1.807) is 0 Å².